The molecular formula is C22H20ClNO2. The molecule has 0 unspecified atom stereocenters. The van der Waals surface area contributed by atoms with Crippen molar-refractivity contribution in [3.8, 4) is 5.75 Å². The summed E-state index contributed by atoms with van der Waals surface area (Å²) in [4.78, 5) is 12.7. The van der Waals surface area contributed by atoms with Gasteiger partial charge in [0.1, 0.15) is 12.4 Å². The SMILES string of the molecule is CCc1ccc(NC(=O)c2ccccc2OCc2ccccc2)c(Cl)c1. The highest BCUT2D eigenvalue weighted by Crippen LogP contribution is 2.26. The van der Waals surface area contributed by atoms with Crippen LogP contribution in [0.3, 0.4) is 0 Å². The molecule has 26 heavy (non-hydrogen) atoms. The predicted molar refractivity (Wildman–Crippen MR) is 106 cm³/mol. The summed E-state index contributed by atoms with van der Waals surface area (Å²) in [5, 5.41) is 3.39. The largest absolute Gasteiger partial charge is 0.488 e. The molecule has 0 aliphatic rings. The van der Waals surface area contributed by atoms with Gasteiger partial charge in [-0.05, 0) is 41.8 Å². The van der Waals surface area contributed by atoms with Crippen molar-refractivity contribution in [3.63, 3.8) is 0 Å². The van der Waals surface area contributed by atoms with Crippen LogP contribution >= 0.6 is 11.6 Å². The van der Waals surface area contributed by atoms with E-state index in [9.17, 15) is 4.79 Å². The van der Waals surface area contributed by atoms with Gasteiger partial charge in [-0.1, -0.05) is 67.1 Å². The third-order valence-corrected chi connectivity index (χ3v) is 4.37. The average molecular weight is 366 g/mol. The van der Waals surface area contributed by atoms with Crippen molar-refractivity contribution in [3.05, 3.63) is 94.5 Å². The maximum Gasteiger partial charge on any atom is 0.259 e. The molecule has 0 heterocycles. The second kappa shape index (κ2) is 8.54. The second-order valence-electron chi connectivity index (χ2n) is 5.89. The fraction of sp³-hybridized carbons (Fsp3) is 0.136. The van der Waals surface area contributed by atoms with Crippen LogP contribution in [0.25, 0.3) is 0 Å². The zero-order valence-electron chi connectivity index (χ0n) is 14.5. The van der Waals surface area contributed by atoms with Crippen LogP contribution in [0.15, 0.2) is 72.8 Å². The molecule has 0 aliphatic heterocycles. The Morgan fingerprint density at radius 1 is 0.962 bits per heavy atom. The molecule has 0 aliphatic carbocycles. The van der Waals surface area contributed by atoms with Gasteiger partial charge in [0.25, 0.3) is 5.91 Å². The van der Waals surface area contributed by atoms with Crippen molar-refractivity contribution in [1.29, 1.82) is 0 Å². The number of nitrogens with one attached hydrogen (secondary N) is 1. The molecule has 0 bridgehead atoms. The number of halogens is 1. The van der Waals surface area contributed by atoms with Crippen molar-refractivity contribution in [2.24, 2.45) is 0 Å². The minimum absolute atomic E-state index is 0.250. The normalized spacial score (nSPS) is 10.4. The Balaban J connectivity index is 1.75. The Morgan fingerprint density at radius 2 is 1.69 bits per heavy atom. The van der Waals surface area contributed by atoms with E-state index in [1.807, 2.05) is 60.7 Å². The van der Waals surface area contributed by atoms with Gasteiger partial charge in [-0.3, -0.25) is 4.79 Å². The Bertz CT molecular complexity index is 894. The van der Waals surface area contributed by atoms with E-state index < -0.39 is 0 Å². The zero-order valence-corrected chi connectivity index (χ0v) is 15.3. The molecule has 3 aromatic carbocycles. The van der Waals surface area contributed by atoms with Gasteiger partial charge in [-0.2, -0.15) is 0 Å². The molecule has 0 atom stereocenters. The lowest BCUT2D eigenvalue weighted by atomic mass is 10.1. The van der Waals surface area contributed by atoms with Gasteiger partial charge in [-0.25, -0.2) is 0 Å². The van der Waals surface area contributed by atoms with Crippen molar-refractivity contribution in [2.45, 2.75) is 20.0 Å². The molecule has 132 valence electrons. The third-order valence-electron chi connectivity index (χ3n) is 4.06. The first-order chi connectivity index (χ1) is 12.7. The van der Waals surface area contributed by atoms with Gasteiger partial charge >= 0.3 is 0 Å². The monoisotopic (exact) mass is 365 g/mol. The summed E-state index contributed by atoms with van der Waals surface area (Å²) in [7, 11) is 0. The Morgan fingerprint density at radius 3 is 2.42 bits per heavy atom. The minimum Gasteiger partial charge on any atom is -0.488 e. The van der Waals surface area contributed by atoms with Crippen LogP contribution in [0.4, 0.5) is 5.69 Å². The summed E-state index contributed by atoms with van der Waals surface area (Å²) in [5.41, 5.74) is 3.23. The maximum atomic E-state index is 12.7. The molecule has 0 spiro atoms. The molecule has 0 aromatic heterocycles. The number of amides is 1. The molecule has 3 nitrogen and oxygen atoms in total. The van der Waals surface area contributed by atoms with E-state index in [4.69, 9.17) is 16.3 Å². The lowest BCUT2D eigenvalue weighted by Crippen LogP contribution is -2.14. The smallest absolute Gasteiger partial charge is 0.259 e. The summed E-state index contributed by atoms with van der Waals surface area (Å²) in [6.45, 7) is 2.46. The van der Waals surface area contributed by atoms with Crippen molar-refractivity contribution < 1.29 is 9.53 Å². The van der Waals surface area contributed by atoms with Crippen molar-refractivity contribution in [1.82, 2.24) is 0 Å². The molecule has 0 saturated heterocycles. The van der Waals surface area contributed by atoms with Crippen LogP contribution in [0.1, 0.15) is 28.4 Å². The van der Waals surface area contributed by atoms with Gasteiger partial charge in [0.05, 0.1) is 16.3 Å². The molecular weight excluding hydrogens is 346 g/mol. The summed E-state index contributed by atoms with van der Waals surface area (Å²) < 4.78 is 5.85. The van der Waals surface area contributed by atoms with E-state index in [-0.39, 0.29) is 5.91 Å². The number of hydrogen-bond acceptors (Lipinski definition) is 2. The Kier molecular flexibility index (Phi) is 5.92. The first-order valence-electron chi connectivity index (χ1n) is 8.53. The molecule has 0 radical (unpaired) electrons. The lowest BCUT2D eigenvalue weighted by Gasteiger charge is -2.13. The maximum absolute atomic E-state index is 12.7. The molecule has 3 aromatic rings. The standard InChI is InChI=1S/C22H20ClNO2/c1-2-16-12-13-20(19(23)14-16)24-22(25)18-10-6-7-11-21(18)26-15-17-8-4-3-5-9-17/h3-14H,2,15H2,1H3,(H,24,25). The van der Waals surface area contributed by atoms with Crippen molar-refractivity contribution in [2.75, 3.05) is 5.32 Å². The van der Waals surface area contributed by atoms with Crippen LogP contribution in [0.5, 0.6) is 5.75 Å². The minimum atomic E-state index is -0.250. The van der Waals surface area contributed by atoms with E-state index in [0.717, 1.165) is 17.5 Å². The van der Waals surface area contributed by atoms with Gasteiger partial charge < -0.3 is 10.1 Å². The highest BCUT2D eigenvalue weighted by Gasteiger charge is 2.14. The van der Waals surface area contributed by atoms with E-state index in [1.54, 1.807) is 12.1 Å². The van der Waals surface area contributed by atoms with Gasteiger partial charge in [-0.15, -0.1) is 0 Å². The van der Waals surface area contributed by atoms with Crippen LogP contribution < -0.4 is 10.1 Å². The third kappa shape index (κ3) is 4.44. The Labute approximate surface area is 158 Å². The fourth-order valence-corrected chi connectivity index (χ4v) is 2.84. The van der Waals surface area contributed by atoms with Crippen LogP contribution in [0.2, 0.25) is 5.02 Å². The van der Waals surface area contributed by atoms with E-state index >= 15 is 0 Å². The molecule has 4 heteroatoms. The summed E-state index contributed by atoms with van der Waals surface area (Å²) >= 11 is 6.27. The topological polar surface area (TPSA) is 38.3 Å². The predicted octanol–water partition coefficient (Wildman–Crippen LogP) is 5.73. The second-order valence-corrected chi connectivity index (χ2v) is 6.30. The van der Waals surface area contributed by atoms with Gasteiger partial charge in [0.2, 0.25) is 0 Å². The molecule has 0 fully saturated rings. The van der Waals surface area contributed by atoms with E-state index in [0.29, 0.717) is 28.6 Å². The summed E-state index contributed by atoms with van der Waals surface area (Å²) in [6, 6.07) is 22.7. The first kappa shape index (κ1) is 18.0. The van der Waals surface area contributed by atoms with Crippen molar-refractivity contribution >= 4 is 23.2 Å². The summed E-state index contributed by atoms with van der Waals surface area (Å²) in [6.07, 6.45) is 0.893. The molecule has 1 N–H and O–H groups in total. The number of para-hydroxylation sites is 1. The number of carbonyl (C=O) groups is 1. The van der Waals surface area contributed by atoms with Crippen LogP contribution in [-0.4, -0.2) is 5.91 Å². The van der Waals surface area contributed by atoms with Crippen LogP contribution in [0, 0.1) is 0 Å². The van der Waals surface area contributed by atoms with Gasteiger partial charge in [0, 0.05) is 0 Å². The number of benzene rings is 3. The van der Waals surface area contributed by atoms with E-state index in [1.165, 1.54) is 0 Å². The van der Waals surface area contributed by atoms with E-state index in [2.05, 4.69) is 12.2 Å². The fourth-order valence-electron chi connectivity index (χ4n) is 2.58. The first-order valence-corrected chi connectivity index (χ1v) is 8.90. The quantitative estimate of drug-likeness (QED) is 0.605. The highest BCUT2D eigenvalue weighted by atomic mass is 35.5. The number of carbonyl (C=O) groups excluding carboxylic acids is 1. The average Bonchev–Trinajstić information content (AvgIpc) is 2.69. The molecule has 1 amide bonds. The lowest BCUT2D eigenvalue weighted by molar-refractivity contribution is 0.102. The zero-order chi connectivity index (χ0) is 18.4. The number of hydrogen-bond donors (Lipinski definition) is 1. The van der Waals surface area contributed by atoms with Gasteiger partial charge in [0.15, 0.2) is 0 Å². The highest BCUT2D eigenvalue weighted by molar-refractivity contribution is 6.34. The number of rotatable bonds is 6. The molecule has 3 rings (SSSR count). The number of anilines is 1. The molecule has 0 saturated carbocycles. The Hall–Kier alpha value is -2.78. The summed E-state index contributed by atoms with van der Waals surface area (Å²) in [5.74, 6) is 0.287. The number of ether oxygens (including phenoxy) is 1. The number of aryl methyl sites for hydroxylation is 1. The van der Waals surface area contributed by atoms with Crippen LogP contribution in [-0.2, 0) is 13.0 Å².